The average molecular weight is 232 g/mol. The highest BCUT2D eigenvalue weighted by atomic mass is 35.5. The van der Waals surface area contributed by atoms with Crippen LogP contribution in [-0.4, -0.2) is 17.3 Å². The Bertz CT molecular complexity index is 197. The van der Waals surface area contributed by atoms with Gasteiger partial charge in [0.25, 0.3) is 0 Å². The lowest BCUT2D eigenvalue weighted by molar-refractivity contribution is -0.186. The molecule has 0 heterocycles. The van der Waals surface area contributed by atoms with Crippen LogP contribution in [0.4, 0.5) is 13.2 Å². The summed E-state index contributed by atoms with van der Waals surface area (Å²) in [5.41, 5.74) is 0. The van der Waals surface area contributed by atoms with Crippen LogP contribution in [0.2, 0.25) is 0 Å². The van der Waals surface area contributed by atoms with Gasteiger partial charge in [-0.15, -0.1) is 0 Å². The number of carboxylic acid groups (broad SMARTS) is 1. The second kappa shape index (κ2) is 4.87. The minimum absolute atomic E-state index is 0. The van der Waals surface area contributed by atoms with Gasteiger partial charge >= 0.3 is 12.1 Å². The van der Waals surface area contributed by atoms with Crippen molar-refractivity contribution in [2.24, 2.45) is 11.8 Å². The van der Waals surface area contributed by atoms with Crippen molar-refractivity contribution in [1.29, 1.82) is 0 Å². The molecule has 0 unspecified atom stereocenters. The predicted octanol–water partition coefficient (Wildman–Crippen LogP) is -0.556. The lowest BCUT2D eigenvalue weighted by Crippen LogP contribution is -3.00. The standard InChI is InChI=1S/C8H11F3O2.ClH/c9-8(10,11)6-3-1-5(2-4-6)7(12)13;/h5-6H,1-4H2,(H,12,13);1H/p-1. The average Bonchev–Trinajstić information content (AvgIpc) is 2.03. The first kappa shape index (κ1) is 13.6. The van der Waals surface area contributed by atoms with Crippen LogP contribution >= 0.6 is 0 Å². The molecule has 14 heavy (non-hydrogen) atoms. The largest absolute Gasteiger partial charge is 1.00 e. The van der Waals surface area contributed by atoms with E-state index in [9.17, 15) is 18.0 Å². The Morgan fingerprint density at radius 1 is 1.14 bits per heavy atom. The fourth-order valence-electron chi connectivity index (χ4n) is 1.67. The summed E-state index contributed by atoms with van der Waals surface area (Å²) in [4.78, 5) is 10.4. The van der Waals surface area contributed by atoms with Crippen LogP contribution in [-0.2, 0) is 4.79 Å². The molecule has 0 aromatic carbocycles. The fourth-order valence-corrected chi connectivity index (χ4v) is 1.67. The van der Waals surface area contributed by atoms with Gasteiger partial charge in [0.15, 0.2) is 0 Å². The van der Waals surface area contributed by atoms with Gasteiger partial charge in [0, 0.05) is 0 Å². The lowest BCUT2D eigenvalue weighted by atomic mass is 9.82. The van der Waals surface area contributed by atoms with E-state index >= 15 is 0 Å². The quantitative estimate of drug-likeness (QED) is 0.657. The van der Waals surface area contributed by atoms with Crippen LogP contribution < -0.4 is 12.4 Å². The van der Waals surface area contributed by atoms with Gasteiger partial charge in [0.1, 0.15) is 0 Å². The Hall–Kier alpha value is -0.450. The first-order chi connectivity index (χ1) is 5.91. The second-order valence-electron chi connectivity index (χ2n) is 3.43. The normalized spacial score (nSPS) is 27.9. The van der Waals surface area contributed by atoms with Gasteiger partial charge in [0.05, 0.1) is 11.8 Å². The summed E-state index contributed by atoms with van der Waals surface area (Å²) in [7, 11) is 0. The molecule has 0 aromatic rings. The topological polar surface area (TPSA) is 37.3 Å². The molecule has 0 bridgehead atoms. The zero-order chi connectivity index (χ0) is 10.1. The first-order valence-corrected chi connectivity index (χ1v) is 4.21. The van der Waals surface area contributed by atoms with Gasteiger partial charge in [0.2, 0.25) is 0 Å². The summed E-state index contributed by atoms with van der Waals surface area (Å²) in [5, 5.41) is 8.55. The number of carbonyl (C=O) groups is 1. The summed E-state index contributed by atoms with van der Waals surface area (Å²) in [6, 6.07) is 0. The number of aliphatic carboxylic acids is 1. The van der Waals surface area contributed by atoms with Crippen molar-refractivity contribution in [2.75, 3.05) is 0 Å². The van der Waals surface area contributed by atoms with E-state index in [1.54, 1.807) is 0 Å². The zero-order valence-corrected chi connectivity index (χ0v) is 8.11. The van der Waals surface area contributed by atoms with Crippen LogP contribution in [0, 0.1) is 11.8 Å². The molecule has 1 aliphatic rings. The third-order valence-corrected chi connectivity index (χ3v) is 2.54. The van der Waals surface area contributed by atoms with Crippen molar-refractivity contribution < 1.29 is 35.5 Å². The summed E-state index contributed by atoms with van der Waals surface area (Å²) in [5.74, 6) is -2.83. The third-order valence-electron chi connectivity index (χ3n) is 2.54. The molecule has 0 radical (unpaired) electrons. The number of carboxylic acids is 1. The van der Waals surface area contributed by atoms with E-state index < -0.39 is 24.0 Å². The Morgan fingerprint density at radius 3 is 1.86 bits per heavy atom. The smallest absolute Gasteiger partial charge is 0.391 e. The molecule has 0 aromatic heterocycles. The summed E-state index contributed by atoms with van der Waals surface area (Å²) >= 11 is 0. The van der Waals surface area contributed by atoms with Gasteiger partial charge < -0.3 is 17.5 Å². The van der Waals surface area contributed by atoms with Gasteiger partial charge in [-0.05, 0) is 25.7 Å². The van der Waals surface area contributed by atoms with E-state index in [4.69, 9.17) is 5.11 Å². The van der Waals surface area contributed by atoms with Crippen molar-refractivity contribution in [3.63, 3.8) is 0 Å². The summed E-state index contributed by atoms with van der Waals surface area (Å²) < 4.78 is 36.4. The van der Waals surface area contributed by atoms with Gasteiger partial charge in [-0.3, -0.25) is 4.79 Å². The maximum atomic E-state index is 12.1. The Kier molecular flexibility index (Phi) is 4.71. The molecule has 0 aliphatic heterocycles. The molecular formula is C8H11ClF3O2-. The van der Waals surface area contributed by atoms with Gasteiger partial charge in [-0.2, -0.15) is 13.2 Å². The minimum atomic E-state index is -4.15. The van der Waals surface area contributed by atoms with Crippen LogP contribution in [0.15, 0.2) is 0 Å². The highest BCUT2D eigenvalue weighted by Gasteiger charge is 2.42. The molecule has 1 aliphatic carbocycles. The molecule has 0 spiro atoms. The monoisotopic (exact) mass is 231 g/mol. The molecule has 84 valence electrons. The molecule has 0 amide bonds. The van der Waals surface area contributed by atoms with E-state index in [0.717, 1.165) is 0 Å². The van der Waals surface area contributed by atoms with Crippen LogP contribution in [0.3, 0.4) is 0 Å². The Morgan fingerprint density at radius 2 is 1.57 bits per heavy atom. The SMILES string of the molecule is O=C(O)C1CCC(C(F)(F)F)CC1.[Cl-]. The third kappa shape index (κ3) is 3.36. The first-order valence-electron chi connectivity index (χ1n) is 4.21. The lowest BCUT2D eigenvalue weighted by Gasteiger charge is -2.27. The summed E-state index contributed by atoms with van der Waals surface area (Å²) in [6.07, 6.45) is -3.93. The van der Waals surface area contributed by atoms with E-state index in [-0.39, 0.29) is 38.1 Å². The molecule has 6 heteroatoms. The molecule has 0 atom stereocenters. The predicted molar refractivity (Wildman–Crippen MR) is 39.1 cm³/mol. The van der Waals surface area contributed by atoms with Crippen molar-refractivity contribution >= 4 is 5.97 Å². The maximum Gasteiger partial charge on any atom is 0.391 e. The van der Waals surface area contributed by atoms with Crippen molar-refractivity contribution in [3.8, 4) is 0 Å². The van der Waals surface area contributed by atoms with E-state index in [1.807, 2.05) is 0 Å². The Balaban J connectivity index is 0.00000169. The minimum Gasteiger partial charge on any atom is -1.00 e. The van der Waals surface area contributed by atoms with Crippen molar-refractivity contribution in [3.05, 3.63) is 0 Å². The van der Waals surface area contributed by atoms with E-state index in [0.29, 0.717) is 0 Å². The fraction of sp³-hybridized carbons (Fsp3) is 0.875. The highest BCUT2D eigenvalue weighted by molar-refractivity contribution is 5.69. The molecule has 1 N–H and O–H groups in total. The summed E-state index contributed by atoms with van der Waals surface area (Å²) in [6.45, 7) is 0. The van der Waals surface area contributed by atoms with Crippen molar-refractivity contribution in [2.45, 2.75) is 31.9 Å². The highest BCUT2D eigenvalue weighted by Crippen LogP contribution is 2.39. The maximum absolute atomic E-state index is 12.1. The number of alkyl halides is 3. The molecule has 1 saturated carbocycles. The molecule has 0 saturated heterocycles. The molecule has 2 nitrogen and oxygen atoms in total. The van der Waals surface area contributed by atoms with Gasteiger partial charge in [-0.1, -0.05) is 0 Å². The molecule has 1 fully saturated rings. The molecular weight excluding hydrogens is 221 g/mol. The van der Waals surface area contributed by atoms with E-state index in [2.05, 4.69) is 0 Å². The van der Waals surface area contributed by atoms with Crippen molar-refractivity contribution in [1.82, 2.24) is 0 Å². The van der Waals surface area contributed by atoms with E-state index in [1.165, 1.54) is 0 Å². The van der Waals surface area contributed by atoms with Crippen LogP contribution in [0.1, 0.15) is 25.7 Å². The zero-order valence-electron chi connectivity index (χ0n) is 7.35. The van der Waals surface area contributed by atoms with Gasteiger partial charge in [-0.25, -0.2) is 0 Å². The second-order valence-corrected chi connectivity index (χ2v) is 3.43. The number of rotatable bonds is 1. The molecule has 1 rings (SSSR count). The number of halogens is 4. The Labute approximate surface area is 85.9 Å². The van der Waals surface area contributed by atoms with Crippen LogP contribution in [0.5, 0.6) is 0 Å². The number of hydrogen-bond acceptors (Lipinski definition) is 1. The van der Waals surface area contributed by atoms with Crippen LogP contribution in [0.25, 0.3) is 0 Å². The number of hydrogen-bond donors (Lipinski definition) is 1.